The van der Waals surface area contributed by atoms with Gasteiger partial charge in [-0.2, -0.15) is 0 Å². The number of hydrogen-bond acceptors (Lipinski definition) is 7. The minimum absolute atomic E-state index is 0.00191. The van der Waals surface area contributed by atoms with Gasteiger partial charge in [0.1, 0.15) is 28.4 Å². The van der Waals surface area contributed by atoms with Crippen molar-refractivity contribution >= 4 is 29.5 Å². The van der Waals surface area contributed by atoms with E-state index in [1.807, 2.05) is 0 Å². The summed E-state index contributed by atoms with van der Waals surface area (Å²) in [5, 5.41) is 2.79. The predicted octanol–water partition coefficient (Wildman–Crippen LogP) is 6.14. The van der Waals surface area contributed by atoms with Gasteiger partial charge in [-0.05, 0) is 74.2 Å². The van der Waals surface area contributed by atoms with Gasteiger partial charge in [-0.3, -0.25) is 4.79 Å². The van der Waals surface area contributed by atoms with Gasteiger partial charge in [0.2, 0.25) is 0 Å². The molecule has 1 aliphatic heterocycles. The summed E-state index contributed by atoms with van der Waals surface area (Å²) in [6.45, 7) is 6.80. The summed E-state index contributed by atoms with van der Waals surface area (Å²) in [7, 11) is 0. The topological polar surface area (TPSA) is 108 Å². The van der Waals surface area contributed by atoms with E-state index in [1.165, 1.54) is 24.3 Å². The highest BCUT2D eigenvalue weighted by Gasteiger charge is 2.28. The number of esters is 3. The van der Waals surface area contributed by atoms with Gasteiger partial charge < -0.3 is 19.5 Å². The van der Waals surface area contributed by atoms with Gasteiger partial charge in [0, 0.05) is 0 Å². The molecule has 8 nitrogen and oxygen atoms in total. The fourth-order valence-electron chi connectivity index (χ4n) is 4.49. The van der Waals surface area contributed by atoms with Crippen molar-refractivity contribution in [1.82, 2.24) is 0 Å². The smallest absolute Gasteiger partial charge is 0.347 e. The van der Waals surface area contributed by atoms with E-state index in [0.717, 1.165) is 0 Å². The zero-order chi connectivity index (χ0) is 28.6. The van der Waals surface area contributed by atoms with E-state index in [9.17, 15) is 19.2 Å². The fourth-order valence-corrected chi connectivity index (χ4v) is 4.49. The minimum Gasteiger partial charge on any atom is -0.422 e. The Hall–Kier alpha value is -5.24. The Balaban J connectivity index is 1.73. The van der Waals surface area contributed by atoms with E-state index in [0.29, 0.717) is 22.3 Å². The monoisotopic (exact) mass is 535 g/mol. The van der Waals surface area contributed by atoms with Crippen LogP contribution in [0.4, 0.5) is 5.69 Å². The van der Waals surface area contributed by atoms with E-state index in [1.54, 1.807) is 76.2 Å². The van der Waals surface area contributed by atoms with Crippen LogP contribution in [0.3, 0.4) is 0 Å². The number of benzene rings is 4. The summed E-state index contributed by atoms with van der Waals surface area (Å²) >= 11 is 0. The first-order valence-corrected chi connectivity index (χ1v) is 12.5. The summed E-state index contributed by atoms with van der Waals surface area (Å²) < 4.78 is 17.3. The third-order valence-corrected chi connectivity index (χ3v) is 6.64. The molecule has 8 heteroatoms. The van der Waals surface area contributed by atoms with Gasteiger partial charge >= 0.3 is 17.9 Å². The molecule has 5 rings (SSSR count). The molecule has 1 N–H and O–H groups in total. The Kier molecular flexibility index (Phi) is 6.92. The van der Waals surface area contributed by atoms with Crippen molar-refractivity contribution in [3.8, 4) is 17.2 Å². The normalized spacial score (nSPS) is 13.5. The lowest BCUT2D eigenvalue weighted by Crippen LogP contribution is -2.22. The molecule has 0 aliphatic carbocycles. The van der Waals surface area contributed by atoms with Crippen LogP contribution in [-0.4, -0.2) is 23.8 Å². The summed E-state index contributed by atoms with van der Waals surface area (Å²) in [6.07, 6.45) is 0. The standard InChI is InChI=1S/C32H25NO7/c1-17-9-5-13-21-25(17)33-29(34)22-14-6-10-18(2)26(22)38-31(36)24-16-8-12-20(4)28(24)40-32(37)23-15-7-11-19(3)27(23)39-30(21)35/h5-16H,1-4H3,(H,33,34). The zero-order valence-electron chi connectivity index (χ0n) is 22.3. The number of aryl methyl sites for hydroxylation is 4. The molecule has 4 aromatic carbocycles. The highest BCUT2D eigenvalue weighted by atomic mass is 16.6. The maximum atomic E-state index is 13.6. The van der Waals surface area contributed by atoms with Crippen LogP contribution in [0.2, 0.25) is 0 Å². The molecule has 0 atom stereocenters. The van der Waals surface area contributed by atoms with Crippen LogP contribution in [0.1, 0.15) is 63.7 Å². The fraction of sp³-hybridized carbons (Fsp3) is 0.125. The highest BCUT2D eigenvalue weighted by Crippen LogP contribution is 2.33. The first kappa shape index (κ1) is 26.4. The van der Waals surface area contributed by atoms with Gasteiger partial charge in [-0.1, -0.05) is 48.5 Å². The molecule has 0 saturated carbocycles. The third kappa shape index (κ3) is 4.82. The number of rotatable bonds is 0. The number of carbonyl (C=O) groups is 4. The molecular weight excluding hydrogens is 510 g/mol. The van der Waals surface area contributed by atoms with E-state index in [2.05, 4.69) is 5.32 Å². The van der Waals surface area contributed by atoms with Crippen LogP contribution < -0.4 is 19.5 Å². The maximum absolute atomic E-state index is 13.6. The lowest BCUT2D eigenvalue weighted by atomic mass is 10.0. The van der Waals surface area contributed by atoms with Crippen LogP contribution in [0.5, 0.6) is 17.2 Å². The Bertz CT molecular complexity index is 1470. The Morgan fingerprint density at radius 2 is 0.800 bits per heavy atom. The number of hydrogen-bond donors (Lipinski definition) is 1. The molecule has 0 radical (unpaired) electrons. The van der Waals surface area contributed by atoms with Crippen molar-refractivity contribution < 1.29 is 33.4 Å². The van der Waals surface area contributed by atoms with Crippen molar-refractivity contribution in [2.24, 2.45) is 0 Å². The number of ether oxygens (including phenoxy) is 3. The second-order valence-electron chi connectivity index (χ2n) is 9.47. The highest BCUT2D eigenvalue weighted by molar-refractivity contribution is 6.11. The number of anilines is 1. The van der Waals surface area contributed by atoms with Crippen LogP contribution in [0, 0.1) is 27.7 Å². The predicted molar refractivity (Wildman–Crippen MR) is 148 cm³/mol. The van der Waals surface area contributed by atoms with E-state index in [4.69, 9.17) is 14.2 Å². The summed E-state index contributed by atoms with van der Waals surface area (Å²) in [5.41, 5.74) is 2.50. The molecule has 0 spiro atoms. The lowest BCUT2D eigenvalue weighted by Gasteiger charge is -2.19. The largest absolute Gasteiger partial charge is 0.422 e. The van der Waals surface area contributed by atoms with Crippen molar-refractivity contribution in [3.05, 3.63) is 117 Å². The minimum atomic E-state index is -0.823. The van der Waals surface area contributed by atoms with Gasteiger partial charge in [0.25, 0.3) is 5.91 Å². The summed E-state index contributed by atoms with van der Waals surface area (Å²) in [6, 6.07) is 19.3. The average molecular weight is 536 g/mol. The molecule has 1 heterocycles. The molecule has 1 aliphatic rings. The first-order valence-electron chi connectivity index (χ1n) is 12.5. The first-order chi connectivity index (χ1) is 19.2. The van der Waals surface area contributed by atoms with Gasteiger partial charge in [0.15, 0.2) is 0 Å². The second kappa shape index (κ2) is 10.5. The van der Waals surface area contributed by atoms with Crippen LogP contribution in [0.15, 0.2) is 72.8 Å². The molecule has 0 bridgehead atoms. The Labute approximate surface area is 230 Å². The lowest BCUT2D eigenvalue weighted by molar-refractivity contribution is 0.0697. The molecule has 40 heavy (non-hydrogen) atoms. The molecule has 200 valence electrons. The van der Waals surface area contributed by atoms with Crippen LogP contribution in [-0.2, 0) is 0 Å². The molecule has 4 aromatic rings. The quantitative estimate of drug-likeness (QED) is 0.213. The van der Waals surface area contributed by atoms with Crippen molar-refractivity contribution in [3.63, 3.8) is 0 Å². The molecule has 0 unspecified atom stereocenters. The molecule has 0 fully saturated rings. The zero-order valence-corrected chi connectivity index (χ0v) is 22.3. The molecule has 0 saturated heterocycles. The molecular formula is C32H25NO7. The Morgan fingerprint density at radius 1 is 0.450 bits per heavy atom. The second-order valence-corrected chi connectivity index (χ2v) is 9.47. The van der Waals surface area contributed by atoms with Crippen molar-refractivity contribution in [2.75, 3.05) is 5.32 Å². The number of nitrogens with one attached hydrogen (secondary N) is 1. The third-order valence-electron chi connectivity index (χ3n) is 6.64. The van der Waals surface area contributed by atoms with Crippen LogP contribution in [0.25, 0.3) is 0 Å². The number of fused-ring (bicyclic) bond motifs is 4. The molecule has 0 aromatic heterocycles. The summed E-state index contributed by atoms with van der Waals surface area (Å²) in [5.74, 6) is -2.97. The SMILES string of the molecule is Cc1cccc2c1NC(=O)c1cccc(C)c1OC(=O)c1cccc(C)c1OC(=O)c1cccc(C)c1OC2=O. The summed E-state index contributed by atoms with van der Waals surface area (Å²) in [4.78, 5) is 53.9. The van der Waals surface area contributed by atoms with E-state index < -0.39 is 23.8 Å². The molecule has 1 amide bonds. The Morgan fingerprint density at radius 3 is 1.27 bits per heavy atom. The van der Waals surface area contributed by atoms with Crippen LogP contribution >= 0.6 is 0 Å². The van der Waals surface area contributed by atoms with Crippen molar-refractivity contribution in [2.45, 2.75) is 27.7 Å². The van der Waals surface area contributed by atoms with Gasteiger partial charge in [-0.25, -0.2) is 14.4 Å². The average Bonchev–Trinajstić information content (AvgIpc) is 2.92. The number of amides is 1. The van der Waals surface area contributed by atoms with Crippen molar-refractivity contribution in [1.29, 1.82) is 0 Å². The number of carbonyl (C=O) groups excluding carboxylic acids is 4. The van der Waals surface area contributed by atoms with E-state index >= 15 is 0 Å². The number of para-hydroxylation sites is 4. The van der Waals surface area contributed by atoms with Gasteiger partial charge in [-0.15, -0.1) is 0 Å². The van der Waals surface area contributed by atoms with E-state index in [-0.39, 0.29) is 45.2 Å². The maximum Gasteiger partial charge on any atom is 0.347 e. The van der Waals surface area contributed by atoms with Gasteiger partial charge in [0.05, 0.1) is 16.8 Å².